The van der Waals surface area contributed by atoms with E-state index in [1.165, 1.54) is 12.1 Å². The Morgan fingerprint density at radius 1 is 1.03 bits per heavy atom. The summed E-state index contributed by atoms with van der Waals surface area (Å²) >= 11 is 1.59. The normalized spacial score (nSPS) is 10.9. The molecule has 0 N–H and O–H groups in total. The number of rotatable bonds is 11. The second-order valence-corrected chi connectivity index (χ2v) is 8.76. The van der Waals surface area contributed by atoms with Crippen LogP contribution in [0.2, 0.25) is 0 Å². The van der Waals surface area contributed by atoms with Crippen LogP contribution in [0.4, 0.5) is 4.39 Å². The summed E-state index contributed by atoms with van der Waals surface area (Å²) in [6, 6.07) is 10.2. The molecule has 0 aliphatic heterocycles. The standard InChI is InChI=1S/C23H31FN2O2S/c1-4-5-8-22(27)25(14-18(2)3)17-23(28)26(16-21-7-6-13-29-21)15-19-9-11-20(24)12-10-19/h6-7,9-13,18H,4-5,8,14-17H2,1-3H3. The van der Waals surface area contributed by atoms with Gasteiger partial charge in [-0.2, -0.15) is 0 Å². The molecule has 4 nitrogen and oxygen atoms in total. The van der Waals surface area contributed by atoms with Crippen molar-refractivity contribution in [3.05, 3.63) is 58.0 Å². The first-order chi connectivity index (χ1) is 13.9. The summed E-state index contributed by atoms with van der Waals surface area (Å²) in [7, 11) is 0. The van der Waals surface area contributed by atoms with Crippen molar-refractivity contribution in [3.63, 3.8) is 0 Å². The number of carbonyl (C=O) groups excluding carboxylic acids is 2. The summed E-state index contributed by atoms with van der Waals surface area (Å²) in [4.78, 5) is 30.3. The molecule has 0 atom stereocenters. The molecule has 6 heteroatoms. The molecule has 0 spiro atoms. The molecule has 0 saturated carbocycles. The monoisotopic (exact) mass is 418 g/mol. The van der Waals surface area contributed by atoms with E-state index in [2.05, 4.69) is 6.92 Å². The molecule has 0 bridgehead atoms. The molecule has 0 radical (unpaired) electrons. The van der Waals surface area contributed by atoms with Gasteiger partial charge >= 0.3 is 0 Å². The fourth-order valence-corrected chi connectivity index (χ4v) is 3.80. The number of unbranched alkanes of at least 4 members (excludes halogenated alkanes) is 1. The quantitative estimate of drug-likeness (QED) is 0.510. The Balaban J connectivity index is 2.14. The average Bonchev–Trinajstić information content (AvgIpc) is 3.19. The number of halogens is 1. The lowest BCUT2D eigenvalue weighted by molar-refractivity contribution is -0.141. The number of thiophene rings is 1. The van der Waals surface area contributed by atoms with Crippen molar-refractivity contribution in [3.8, 4) is 0 Å². The summed E-state index contributed by atoms with van der Waals surface area (Å²) in [6.07, 6.45) is 2.25. The Morgan fingerprint density at radius 2 is 1.76 bits per heavy atom. The molecule has 0 saturated heterocycles. The van der Waals surface area contributed by atoms with Gasteiger partial charge in [-0.25, -0.2) is 4.39 Å². The topological polar surface area (TPSA) is 40.6 Å². The van der Waals surface area contributed by atoms with Crippen LogP contribution in [0.5, 0.6) is 0 Å². The van der Waals surface area contributed by atoms with Crippen molar-refractivity contribution in [2.75, 3.05) is 13.1 Å². The predicted octanol–water partition coefficient (Wildman–Crippen LogP) is 5.09. The first kappa shape index (κ1) is 23.1. The highest BCUT2D eigenvalue weighted by Gasteiger charge is 2.22. The Morgan fingerprint density at radius 3 is 2.34 bits per heavy atom. The lowest BCUT2D eigenvalue weighted by atomic mass is 10.1. The fraction of sp³-hybridized carbons (Fsp3) is 0.478. The lowest BCUT2D eigenvalue weighted by Crippen LogP contribution is -2.43. The van der Waals surface area contributed by atoms with Crippen molar-refractivity contribution in [1.29, 1.82) is 0 Å². The van der Waals surface area contributed by atoms with Crippen LogP contribution in [0.1, 0.15) is 50.5 Å². The molecule has 2 amide bonds. The molecule has 1 aromatic heterocycles. The maximum absolute atomic E-state index is 13.2. The number of hydrogen-bond acceptors (Lipinski definition) is 3. The highest BCUT2D eigenvalue weighted by atomic mass is 32.1. The zero-order valence-electron chi connectivity index (χ0n) is 17.6. The Kier molecular flexibility index (Phi) is 9.32. The second kappa shape index (κ2) is 11.7. The van der Waals surface area contributed by atoms with Gasteiger partial charge < -0.3 is 9.80 Å². The van der Waals surface area contributed by atoms with Crippen LogP contribution in [-0.4, -0.2) is 34.7 Å². The van der Waals surface area contributed by atoms with Gasteiger partial charge in [0.2, 0.25) is 11.8 Å². The Labute approximate surface area is 177 Å². The van der Waals surface area contributed by atoms with Crippen molar-refractivity contribution in [2.24, 2.45) is 5.92 Å². The van der Waals surface area contributed by atoms with Crippen LogP contribution in [-0.2, 0) is 22.7 Å². The summed E-state index contributed by atoms with van der Waals surface area (Å²) in [5.41, 5.74) is 0.865. The SMILES string of the molecule is CCCCC(=O)N(CC(=O)N(Cc1ccc(F)cc1)Cc1cccs1)CC(C)C. The van der Waals surface area contributed by atoms with Gasteiger partial charge in [0.05, 0.1) is 13.1 Å². The first-order valence-corrected chi connectivity index (χ1v) is 11.1. The van der Waals surface area contributed by atoms with Gasteiger partial charge in [-0.1, -0.05) is 45.4 Å². The molecular formula is C23H31FN2O2S. The minimum Gasteiger partial charge on any atom is -0.333 e. The number of carbonyl (C=O) groups is 2. The van der Waals surface area contributed by atoms with Gasteiger partial charge in [0.25, 0.3) is 0 Å². The van der Waals surface area contributed by atoms with Gasteiger partial charge in [-0.05, 0) is 41.5 Å². The van der Waals surface area contributed by atoms with E-state index in [4.69, 9.17) is 0 Å². The number of benzene rings is 1. The van der Waals surface area contributed by atoms with Gasteiger partial charge in [0, 0.05) is 24.4 Å². The summed E-state index contributed by atoms with van der Waals surface area (Å²) in [6.45, 7) is 7.66. The third-order valence-corrected chi connectivity index (χ3v) is 5.44. The zero-order valence-corrected chi connectivity index (χ0v) is 18.4. The Hall–Kier alpha value is -2.21. The molecule has 2 aromatic rings. The maximum atomic E-state index is 13.2. The molecule has 1 heterocycles. The van der Waals surface area contributed by atoms with Crippen LogP contribution < -0.4 is 0 Å². The van der Waals surface area contributed by atoms with E-state index < -0.39 is 0 Å². The number of nitrogens with zero attached hydrogens (tertiary/aromatic N) is 2. The summed E-state index contributed by atoms with van der Waals surface area (Å²) in [5, 5.41) is 1.98. The van der Waals surface area contributed by atoms with Crippen LogP contribution in [0, 0.1) is 11.7 Å². The second-order valence-electron chi connectivity index (χ2n) is 7.73. The van der Waals surface area contributed by atoms with Crippen LogP contribution in [0.3, 0.4) is 0 Å². The van der Waals surface area contributed by atoms with Gasteiger partial charge in [-0.3, -0.25) is 9.59 Å². The molecule has 158 valence electrons. The predicted molar refractivity (Wildman–Crippen MR) is 116 cm³/mol. The maximum Gasteiger partial charge on any atom is 0.242 e. The van der Waals surface area contributed by atoms with E-state index in [0.29, 0.717) is 26.1 Å². The third kappa shape index (κ3) is 7.97. The van der Waals surface area contributed by atoms with Crippen molar-refractivity contribution >= 4 is 23.2 Å². The van der Waals surface area contributed by atoms with Crippen molar-refractivity contribution < 1.29 is 14.0 Å². The molecule has 0 fully saturated rings. The van der Waals surface area contributed by atoms with Crippen LogP contribution in [0.15, 0.2) is 41.8 Å². The molecule has 2 rings (SSSR count). The smallest absolute Gasteiger partial charge is 0.242 e. The van der Waals surface area contributed by atoms with Gasteiger partial charge in [0.15, 0.2) is 0 Å². The van der Waals surface area contributed by atoms with E-state index in [1.807, 2.05) is 31.4 Å². The molecular weight excluding hydrogens is 387 g/mol. The van der Waals surface area contributed by atoms with Crippen LogP contribution in [0.25, 0.3) is 0 Å². The number of amides is 2. The minimum absolute atomic E-state index is 0.0340. The van der Waals surface area contributed by atoms with E-state index in [0.717, 1.165) is 23.3 Å². The zero-order chi connectivity index (χ0) is 21.2. The van der Waals surface area contributed by atoms with E-state index in [9.17, 15) is 14.0 Å². The Bertz CT molecular complexity index is 760. The molecule has 0 unspecified atom stereocenters. The van der Waals surface area contributed by atoms with Crippen LogP contribution >= 0.6 is 11.3 Å². The molecule has 1 aromatic carbocycles. The minimum atomic E-state index is -0.297. The lowest BCUT2D eigenvalue weighted by Gasteiger charge is -2.29. The first-order valence-electron chi connectivity index (χ1n) is 10.2. The average molecular weight is 419 g/mol. The van der Waals surface area contributed by atoms with Crippen molar-refractivity contribution in [1.82, 2.24) is 9.80 Å². The molecule has 29 heavy (non-hydrogen) atoms. The molecule has 0 aliphatic carbocycles. The third-order valence-electron chi connectivity index (χ3n) is 4.57. The summed E-state index contributed by atoms with van der Waals surface area (Å²) in [5.74, 6) is -0.0642. The highest BCUT2D eigenvalue weighted by molar-refractivity contribution is 7.09. The fourth-order valence-electron chi connectivity index (χ4n) is 3.08. The van der Waals surface area contributed by atoms with Crippen molar-refractivity contribution in [2.45, 2.75) is 53.1 Å². The van der Waals surface area contributed by atoms with E-state index in [1.54, 1.807) is 33.3 Å². The largest absolute Gasteiger partial charge is 0.333 e. The van der Waals surface area contributed by atoms with Gasteiger partial charge in [0.1, 0.15) is 5.82 Å². The van der Waals surface area contributed by atoms with Gasteiger partial charge in [-0.15, -0.1) is 11.3 Å². The number of hydrogen-bond donors (Lipinski definition) is 0. The molecule has 0 aliphatic rings. The van der Waals surface area contributed by atoms with E-state index >= 15 is 0 Å². The van der Waals surface area contributed by atoms with E-state index in [-0.39, 0.29) is 30.1 Å². The highest BCUT2D eigenvalue weighted by Crippen LogP contribution is 2.16. The summed E-state index contributed by atoms with van der Waals surface area (Å²) < 4.78 is 13.2.